The Labute approximate surface area is 148 Å². The fraction of sp³-hybridized carbons (Fsp3) is 0.667. The highest BCUT2D eigenvalue weighted by molar-refractivity contribution is 7.80. The fourth-order valence-corrected chi connectivity index (χ4v) is 1.89. The highest BCUT2D eigenvalue weighted by Gasteiger charge is 2.29. The molecule has 0 aliphatic carbocycles. The van der Waals surface area contributed by atoms with E-state index in [0.29, 0.717) is 31.0 Å². The van der Waals surface area contributed by atoms with Crippen LogP contribution in [-0.4, -0.2) is 30.0 Å². The zero-order valence-electron chi connectivity index (χ0n) is 14.4. The number of thiocarbonyl (C=S) groups is 1. The smallest absolute Gasteiger partial charge is 0.293 e. The first kappa shape index (κ1) is 21.6. The largest absolute Gasteiger partial charge is 0.363 e. The number of rotatable bonds is 8. The Morgan fingerprint density at radius 3 is 1.96 bits per heavy atom. The second kappa shape index (κ2) is 9.68. The van der Waals surface area contributed by atoms with Crippen molar-refractivity contribution >= 4 is 29.1 Å². The number of carbonyl (C=O) groups excluding carboxylic acids is 2. The molecule has 0 aliphatic rings. The lowest BCUT2D eigenvalue weighted by molar-refractivity contribution is -0.129. The summed E-state index contributed by atoms with van der Waals surface area (Å²) in [6.45, 7) is 14.6. The van der Waals surface area contributed by atoms with Crippen molar-refractivity contribution < 1.29 is 9.59 Å². The van der Waals surface area contributed by atoms with Gasteiger partial charge in [0.05, 0.1) is 5.41 Å². The van der Waals surface area contributed by atoms with Crippen molar-refractivity contribution in [3.8, 4) is 6.19 Å². The maximum Gasteiger partial charge on any atom is 0.293 e. The van der Waals surface area contributed by atoms with E-state index in [4.69, 9.17) is 24.1 Å². The van der Waals surface area contributed by atoms with E-state index < -0.39 is 10.8 Å². The van der Waals surface area contributed by atoms with E-state index in [-0.39, 0.29) is 11.8 Å². The molecule has 8 nitrogen and oxygen atoms in total. The van der Waals surface area contributed by atoms with Crippen molar-refractivity contribution in [2.75, 3.05) is 13.1 Å². The van der Waals surface area contributed by atoms with Gasteiger partial charge in [0.2, 0.25) is 5.91 Å². The van der Waals surface area contributed by atoms with Crippen molar-refractivity contribution in [3.05, 3.63) is 11.5 Å². The molecule has 0 rings (SSSR count). The fourth-order valence-electron chi connectivity index (χ4n) is 1.69. The molecular weight excluding hydrogens is 328 g/mol. The Balaban J connectivity index is 4.13. The Kier molecular flexibility index (Phi) is 8.72. The van der Waals surface area contributed by atoms with Gasteiger partial charge in [-0.1, -0.05) is 33.1 Å². The van der Waals surface area contributed by atoms with Crippen LogP contribution in [0, 0.1) is 28.9 Å². The molecule has 0 atom stereocenters. The summed E-state index contributed by atoms with van der Waals surface area (Å²) in [6.07, 6.45) is 2.63. The number of hydrogen-bond donors (Lipinski definition) is 4. The lowest BCUT2D eigenvalue weighted by Crippen LogP contribution is -2.42. The molecule has 0 aromatic heterocycles. The third-order valence-electron chi connectivity index (χ3n) is 3.63. The molecule has 0 aliphatic heterocycles. The third kappa shape index (κ3) is 7.75. The summed E-state index contributed by atoms with van der Waals surface area (Å²) in [5.41, 5.74) is 0.753. The van der Waals surface area contributed by atoms with Crippen LogP contribution in [0.2, 0.25) is 0 Å². The van der Waals surface area contributed by atoms with Gasteiger partial charge in [-0.15, -0.1) is 0 Å². The first-order chi connectivity index (χ1) is 11.1. The van der Waals surface area contributed by atoms with Crippen LogP contribution in [0.1, 0.15) is 40.5 Å². The zero-order chi connectivity index (χ0) is 18.8. The van der Waals surface area contributed by atoms with E-state index in [1.165, 1.54) is 0 Å². The Hall–Kier alpha value is -2.39. The van der Waals surface area contributed by atoms with Gasteiger partial charge >= 0.3 is 0 Å². The van der Waals surface area contributed by atoms with Crippen molar-refractivity contribution in [1.29, 1.82) is 5.26 Å². The zero-order valence-corrected chi connectivity index (χ0v) is 15.3. The van der Waals surface area contributed by atoms with Crippen LogP contribution in [0.3, 0.4) is 0 Å². The Morgan fingerprint density at radius 1 is 1.08 bits per heavy atom. The SMILES string of the molecule is [C-]#[N+]NC(=O)C(C)(C)CCNC(=S)NCCC(C)(C)C(=O)NC#N. The lowest BCUT2D eigenvalue weighted by Gasteiger charge is -2.23. The van der Waals surface area contributed by atoms with Crippen LogP contribution in [0.25, 0.3) is 4.95 Å². The van der Waals surface area contributed by atoms with Crippen molar-refractivity contribution in [2.24, 2.45) is 10.8 Å². The summed E-state index contributed by atoms with van der Waals surface area (Å²) in [5.74, 6) is -0.665. The molecular formula is C15H24N6O2S. The Bertz CT molecular complexity index is 511. The molecule has 2 amide bonds. The van der Waals surface area contributed by atoms with Gasteiger partial charge in [0.15, 0.2) is 11.3 Å². The minimum Gasteiger partial charge on any atom is -0.363 e. The lowest BCUT2D eigenvalue weighted by atomic mass is 9.88. The van der Waals surface area contributed by atoms with Gasteiger partial charge < -0.3 is 10.6 Å². The first-order valence-corrected chi connectivity index (χ1v) is 7.86. The standard InChI is InChI=1S/C15H24N6O2S/c1-14(2,11(22)20-10-16)6-8-18-13(24)19-9-7-15(3,4)12(23)21-17-5/h6-9H2,1-4H3,(H,20,22)(H,21,23)(H2,18,19,24). The average Bonchev–Trinajstić information content (AvgIpc) is 2.47. The summed E-state index contributed by atoms with van der Waals surface area (Å²) < 4.78 is 0. The number of nitrogens with one attached hydrogen (secondary N) is 4. The van der Waals surface area contributed by atoms with E-state index in [2.05, 4.69) is 26.3 Å². The second-order valence-corrected chi connectivity index (χ2v) is 6.98. The van der Waals surface area contributed by atoms with Gasteiger partial charge in [-0.3, -0.25) is 14.9 Å². The maximum absolute atomic E-state index is 11.7. The van der Waals surface area contributed by atoms with E-state index >= 15 is 0 Å². The van der Waals surface area contributed by atoms with Gasteiger partial charge in [-0.25, -0.2) is 0 Å². The molecule has 0 aromatic rings. The molecule has 0 bridgehead atoms. The van der Waals surface area contributed by atoms with E-state index in [9.17, 15) is 9.59 Å². The molecule has 0 spiro atoms. The van der Waals surface area contributed by atoms with Crippen LogP contribution in [0.15, 0.2) is 0 Å². The first-order valence-electron chi connectivity index (χ1n) is 7.45. The van der Waals surface area contributed by atoms with Gasteiger partial charge in [-0.2, -0.15) is 16.8 Å². The number of nitriles is 1. The van der Waals surface area contributed by atoms with Crippen LogP contribution in [0.5, 0.6) is 0 Å². The number of nitrogens with zero attached hydrogens (tertiary/aromatic N) is 2. The molecule has 9 heteroatoms. The quantitative estimate of drug-likeness (QED) is 0.169. The highest BCUT2D eigenvalue weighted by Crippen LogP contribution is 2.20. The van der Waals surface area contributed by atoms with Gasteiger partial charge in [-0.05, 0) is 25.1 Å². The van der Waals surface area contributed by atoms with Crippen LogP contribution in [0.4, 0.5) is 0 Å². The van der Waals surface area contributed by atoms with Gasteiger partial charge in [0.1, 0.15) is 0 Å². The Morgan fingerprint density at radius 2 is 1.54 bits per heavy atom. The predicted octanol–water partition coefficient (Wildman–Crippen LogP) is 0.831. The average molecular weight is 352 g/mol. The molecule has 0 fully saturated rings. The van der Waals surface area contributed by atoms with E-state index in [1.54, 1.807) is 33.9 Å². The number of amides is 2. The maximum atomic E-state index is 11.7. The van der Waals surface area contributed by atoms with Gasteiger partial charge in [0, 0.05) is 18.5 Å². The third-order valence-corrected chi connectivity index (χ3v) is 3.92. The summed E-state index contributed by atoms with van der Waals surface area (Å²) in [5, 5.41) is 17.0. The highest BCUT2D eigenvalue weighted by atomic mass is 32.1. The topological polar surface area (TPSA) is 110 Å². The van der Waals surface area contributed by atoms with Crippen LogP contribution in [-0.2, 0) is 9.59 Å². The van der Waals surface area contributed by atoms with Crippen LogP contribution >= 0.6 is 12.2 Å². The second-order valence-electron chi connectivity index (χ2n) is 6.57. The molecule has 0 heterocycles. The van der Waals surface area contributed by atoms with Crippen LogP contribution < -0.4 is 21.4 Å². The predicted molar refractivity (Wildman–Crippen MR) is 93.9 cm³/mol. The minimum atomic E-state index is -0.682. The van der Waals surface area contributed by atoms with Gasteiger partial charge in [0.25, 0.3) is 5.91 Å². The van der Waals surface area contributed by atoms with Crippen molar-refractivity contribution in [2.45, 2.75) is 40.5 Å². The molecule has 0 saturated heterocycles. The number of hydrogen-bond acceptors (Lipinski definition) is 4. The monoisotopic (exact) mass is 352 g/mol. The molecule has 132 valence electrons. The molecule has 24 heavy (non-hydrogen) atoms. The van der Waals surface area contributed by atoms with Crippen molar-refractivity contribution in [3.63, 3.8) is 0 Å². The molecule has 0 aromatic carbocycles. The number of carbonyl (C=O) groups is 2. The minimum absolute atomic E-state index is 0.330. The molecule has 0 saturated carbocycles. The molecule has 0 unspecified atom stereocenters. The summed E-state index contributed by atoms with van der Waals surface area (Å²) >= 11 is 5.14. The molecule has 4 N–H and O–H groups in total. The normalized spacial score (nSPS) is 10.8. The van der Waals surface area contributed by atoms with Crippen molar-refractivity contribution in [1.82, 2.24) is 21.4 Å². The van der Waals surface area contributed by atoms with E-state index in [1.807, 2.05) is 0 Å². The molecule has 0 radical (unpaired) electrons. The summed E-state index contributed by atoms with van der Waals surface area (Å²) in [4.78, 5) is 26.2. The van der Waals surface area contributed by atoms with E-state index in [0.717, 1.165) is 0 Å². The summed E-state index contributed by atoms with van der Waals surface area (Å²) in [7, 11) is 0. The summed E-state index contributed by atoms with van der Waals surface area (Å²) in [6, 6.07) is 0.